The first-order valence-corrected chi connectivity index (χ1v) is 6.51. The lowest BCUT2D eigenvalue weighted by Crippen LogP contribution is -2.19. The van der Waals surface area contributed by atoms with Crippen LogP contribution in [0.3, 0.4) is 0 Å². The Hall–Kier alpha value is -0.540. The number of aryl methyl sites for hydroxylation is 1. The van der Waals surface area contributed by atoms with E-state index < -0.39 is 6.10 Å². The lowest BCUT2D eigenvalue weighted by atomic mass is 9.84. The van der Waals surface area contributed by atoms with E-state index in [0.717, 1.165) is 25.1 Å². The predicted octanol–water partition coefficient (Wildman–Crippen LogP) is 3.17. The van der Waals surface area contributed by atoms with Crippen LogP contribution in [0.15, 0.2) is 6.20 Å². The standard InChI is InChI=1S/C12H19ClN2O/c1-2-15-11(10(13)8-14-15)12(16)9-6-4-3-5-7-9/h8-9,12,16H,2-7H2,1H3. The van der Waals surface area contributed by atoms with Gasteiger partial charge in [0, 0.05) is 6.54 Å². The lowest BCUT2D eigenvalue weighted by molar-refractivity contribution is 0.0770. The van der Waals surface area contributed by atoms with Crippen LogP contribution in [0.5, 0.6) is 0 Å². The molecular weight excluding hydrogens is 224 g/mol. The fraction of sp³-hybridized carbons (Fsp3) is 0.750. The quantitative estimate of drug-likeness (QED) is 0.884. The maximum atomic E-state index is 10.4. The molecule has 1 fully saturated rings. The Bertz CT molecular complexity index is 345. The topological polar surface area (TPSA) is 38.0 Å². The summed E-state index contributed by atoms with van der Waals surface area (Å²) in [6.45, 7) is 2.77. The van der Waals surface area contributed by atoms with Gasteiger partial charge in [-0.05, 0) is 25.7 Å². The Morgan fingerprint density at radius 3 is 2.81 bits per heavy atom. The summed E-state index contributed by atoms with van der Waals surface area (Å²) in [6.07, 6.45) is 7.13. The van der Waals surface area contributed by atoms with E-state index in [4.69, 9.17) is 11.6 Å². The molecule has 1 aliphatic carbocycles. The molecule has 4 heteroatoms. The van der Waals surface area contributed by atoms with Crippen molar-refractivity contribution in [2.75, 3.05) is 0 Å². The molecule has 2 rings (SSSR count). The van der Waals surface area contributed by atoms with Gasteiger partial charge in [-0.3, -0.25) is 4.68 Å². The second-order valence-electron chi connectivity index (χ2n) is 4.54. The molecular formula is C12H19ClN2O. The van der Waals surface area contributed by atoms with Crippen LogP contribution in [0.4, 0.5) is 0 Å². The van der Waals surface area contributed by atoms with Crippen molar-refractivity contribution in [3.05, 3.63) is 16.9 Å². The van der Waals surface area contributed by atoms with Crippen molar-refractivity contribution in [1.29, 1.82) is 0 Å². The maximum absolute atomic E-state index is 10.4. The number of hydrogen-bond acceptors (Lipinski definition) is 2. The first kappa shape index (κ1) is 11.9. The molecule has 0 spiro atoms. The van der Waals surface area contributed by atoms with Crippen LogP contribution in [0.1, 0.15) is 50.8 Å². The van der Waals surface area contributed by atoms with Gasteiger partial charge in [-0.15, -0.1) is 0 Å². The average molecular weight is 243 g/mol. The van der Waals surface area contributed by atoms with E-state index in [-0.39, 0.29) is 0 Å². The molecule has 1 aromatic heterocycles. The van der Waals surface area contributed by atoms with Crippen molar-refractivity contribution < 1.29 is 5.11 Å². The summed E-state index contributed by atoms with van der Waals surface area (Å²) in [5.41, 5.74) is 0.802. The van der Waals surface area contributed by atoms with Crippen molar-refractivity contribution in [3.63, 3.8) is 0 Å². The predicted molar refractivity (Wildman–Crippen MR) is 64.4 cm³/mol. The number of aliphatic hydroxyl groups is 1. The maximum Gasteiger partial charge on any atom is 0.0999 e. The van der Waals surface area contributed by atoms with Crippen molar-refractivity contribution in [2.45, 2.75) is 51.7 Å². The molecule has 1 N–H and O–H groups in total. The van der Waals surface area contributed by atoms with Gasteiger partial charge in [0.1, 0.15) is 0 Å². The Morgan fingerprint density at radius 1 is 1.50 bits per heavy atom. The van der Waals surface area contributed by atoms with Gasteiger partial charge >= 0.3 is 0 Å². The summed E-state index contributed by atoms with van der Waals surface area (Å²) in [5, 5.41) is 15.2. The normalized spacial score (nSPS) is 19.9. The summed E-state index contributed by atoms with van der Waals surface area (Å²) in [5.74, 6) is 0.355. The molecule has 16 heavy (non-hydrogen) atoms. The zero-order chi connectivity index (χ0) is 11.5. The minimum atomic E-state index is -0.449. The van der Waals surface area contributed by atoms with Crippen LogP contribution in [-0.2, 0) is 6.54 Å². The highest BCUT2D eigenvalue weighted by Crippen LogP contribution is 2.36. The molecule has 1 aliphatic rings. The molecule has 1 aromatic rings. The smallest absolute Gasteiger partial charge is 0.0999 e. The third kappa shape index (κ3) is 2.25. The molecule has 90 valence electrons. The Balaban J connectivity index is 2.18. The Kier molecular flexibility index (Phi) is 3.87. The van der Waals surface area contributed by atoms with Gasteiger partial charge < -0.3 is 5.11 Å². The monoisotopic (exact) mass is 242 g/mol. The van der Waals surface area contributed by atoms with Crippen LogP contribution in [0.2, 0.25) is 5.02 Å². The number of nitrogens with zero attached hydrogens (tertiary/aromatic N) is 2. The molecule has 1 saturated carbocycles. The highest BCUT2D eigenvalue weighted by molar-refractivity contribution is 6.31. The van der Waals surface area contributed by atoms with Gasteiger partial charge in [-0.2, -0.15) is 5.10 Å². The summed E-state index contributed by atoms with van der Waals surface area (Å²) in [4.78, 5) is 0. The van der Waals surface area contributed by atoms with E-state index in [1.807, 2.05) is 11.6 Å². The summed E-state index contributed by atoms with van der Waals surface area (Å²) < 4.78 is 1.81. The molecule has 0 bridgehead atoms. The number of aliphatic hydroxyl groups excluding tert-OH is 1. The SMILES string of the molecule is CCn1ncc(Cl)c1C(O)C1CCCCC1. The molecule has 0 amide bonds. The van der Waals surface area contributed by atoms with Crippen molar-refractivity contribution >= 4 is 11.6 Å². The molecule has 0 saturated heterocycles. The van der Waals surface area contributed by atoms with E-state index in [1.54, 1.807) is 6.20 Å². The van der Waals surface area contributed by atoms with Crippen LogP contribution >= 0.6 is 11.6 Å². The highest BCUT2D eigenvalue weighted by Gasteiger charge is 2.27. The molecule has 3 nitrogen and oxygen atoms in total. The second kappa shape index (κ2) is 5.19. The van der Waals surface area contributed by atoms with Crippen LogP contribution in [-0.4, -0.2) is 14.9 Å². The number of aromatic nitrogens is 2. The van der Waals surface area contributed by atoms with Gasteiger partial charge in [0.05, 0.1) is 23.0 Å². The zero-order valence-corrected chi connectivity index (χ0v) is 10.5. The molecule has 0 aromatic carbocycles. The fourth-order valence-corrected chi connectivity index (χ4v) is 2.84. The highest BCUT2D eigenvalue weighted by atomic mass is 35.5. The van der Waals surface area contributed by atoms with E-state index >= 15 is 0 Å². The number of halogens is 1. The second-order valence-corrected chi connectivity index (χ2v) is 4.94. The van der Waals surface area contributed by atoms with Crippen molar-refractivity contribution in [1.82, 2.24) is 9.78 Å². The van der Waals surface area contributed by atoms with Crippen LogP contribution < -0.4 is 0 Å². The summed E-state index contributed by atoms with van der Waals surface area (Å²) in [6, 6.07) is 0. The largest absolute Gasteiger partial charge is 0.386 e. The average Bonchev–Trinajstić information content (AvgIpc) is 2.70. The van der Waals surface area contributed by atoms with Crippen LogP contribution in [0, 0.1) is 5.92 Å². The first-order chi connectivity index (χ1) is 7.74. The van der Waals surface area contributed by atoms with E-state index in [9.17, 15) is 5.11 Å². The van der Waals surface area contributed by atoms with Gasteiger partial charge in [-0.25, -0.2) is 0 Å². The Morgan fingerprint density at radius 2 is 2.19 bits per heavy atom. The van der Waals surface area contributed by atoms with Gasteiger partial charge in [0.25, 0.3) is 0 Å². The van der Waals surface area contributed by atoms with Crippen molar-refractivity contribution in [3.8, 4) is 0 Å². The van der Waals surface area contributed by atoms with E-state index in [2.05, 4.69) is 5.10 Å². The van der Waals surface area contributed by atoms with E-state index in [0.29, 0.717) is 10.9 Å². The van der Waals surface area contributed by atoms with Gasteiger partial charge in [0.2, 0.25) is 0 Å². The fourth-order valence-electron chi connectivity index (χ4n) is 2.59. The molecule has 0 aliphatic heterocycles. The van der Waals surface area contributed by atoms with E-state index in [1.165, 1.54) is 19.3 Å². The number of hydrogen-bond donors (Lipinski definition) is 1. The lowest BCUT2D eigenvalue weighted by Gasteiger charge is -2.27. The third-order valence-electron chi connectivity index (χ3n) is 3.51. The minimum Gasteiger partial charge on any atom is -0.386 e. The molecule has 1 heterocycles. The summed E-state index contributed by atoms with van der Waals surface area (Å²) in [7, 11) is 0. The zero-order valence-electron chi connectivity index (χ0n) is 9.69. The van der Waals surface area contributed by atoms with Crippen LogP contribution in [0.25, 0.3) is 0 Å². The Labute approximate surface area is 101 Å². The third-order valence-corrected chi connectivity index (χ3v) is 3.80. The summed E-state index contributed by atoms with van der Waals surface area (Å²) >= 11 is 6.09. The van der Waals surface area contributed by atoms with Gasteiger partial charge in [-0.1, -0.05) is 30.9 Å². The molecule has 1 unspecified atom stereocenters. The molecule has 1 atom stereocenters. The first-order valence-electron chi connectivity index (χ1n) is 6.13. The van der Waals surface area contributed by atoms with Crippen molar-refractivity contribution in [2.24, 2.45) is 5.92 Å². The molecule has 0 radical (unpaired) electrons. The minimum absolute atomic E-state index is 0.355. The van der Waals surface area contributed by atoms with Gasteiger partial charge in [0.15, 0.2) is 0 Å². The number of rotatable bonds is 3.